The van der Waals surface area contributed by atoms with Gasteiger partial charge in [-0.25, -0.2) is 8.42 Å². The van der Waals surface area contributed by atoms with Gasteiger partial charge in [-0.05, 0) is 31.4 Å². The van der Waals surface area contributed by atoms with E-state index in [0.29, 0.717) is 32.7 Å². The number of nitrogens with zero attached hydrogens (tertiary/aromatic N) is 1. The van der Waals surface area contributed by atoms with Crippen LogP contribution < -0.4 is 4.72 Å². The summed E-state index contributed by atoms with van der Waals surface area (Å²) in [5.74, 6) is 0.0385. The van der Waals surface area contributed by atoms with E-state index in [9.17, 15) is 13.2 Å². The molecular weight excluding hydrogens is 336 g/mol. The molecule has 6 nitrogen and oxygen atoms in total. The third-order valence-corrected chi connectivity index (χ3v) is 6.57. The van der Waals surface area contributed by atoms with Gasteiger partial charge in [-0.2, -0.15) is 4.72 Å². The van der Waals surface area contributed by atoms with Crippen molar-refractivity contribution in [2.24, 2.45) is 5.92 Å². The molecule has 1 N–H and O–H groups in total. The highest BCUT2D eigenvalue weighted by atomic mass is 32.2. The molecule has 0 spiro atoms. The largest absolute Gasteiger partial charge is 0.378 e. The van der Waals surface area contributed by atoms with Crippen molar-refractivity contribution in [2.75, 3.05) is 26.3 Å². The molecule has 2 rings (SSSR count). The molecule has 0 radical (unpaired) electrons. The first-order valence-electron chi connectivity index (χ1n) is 7.75. The number of rotatable bonds is 6. The van der Waals surface area contributed by atoms with Gasteiger partial charge in [0.2, 0.25) is 5.91 Å². The lowest BCUT2D eigenvalue weighted by Crippen LogP contribution is -2.52. The quantitative estimate of drug-likeness (QED) is 0.836. The molecule has 0 bridgehead atoms. The van der Waals surface area contributed by atoms with Crippen molar-refractivity contribution < 1.29 is 17.9 Å². The molecule has 0 saturated carbocycles. The molecule has 0 aliphatic carbocycles. The molecule has 23 heavy (non-hydrogen) atoms. The molecule has 1 aliphatic rings. The van der Waals surface area contributed by atoms with Gasteiger partial charge in [-0.15, -0.1) is 11.3 Å². The Morgan fingerprint density at radius 2 is 2.00 bits per heavy atom. The lowest BCUT2D eigenvalue weighted by atomic mass is 10.0. The van der Waals surface area contributed by atoms with E-state index in [0.717, 1.165) is 4.88 Å². The van der Waals surface area contributed by atoms with E-state index in [4.69, 9.17) is 4.74 Å². The average Bonchev–Trinajstić information content (AvgIpc) is 2.93. The first-order chi connectivity index (χ1) is 10.8. The van der Waals surface area contributed by atoms with Gasteiger partial charge in [0.05, 0.1) is 13.2 Å². The van der Waals surface area contributed by atoms with Crippen LogP contribution in [0.25, 0.3) is 0 Å². The van der Waals surface area contributed by atoms with Crippen LogP contribution in [0.15, 0.2) is 16.3 Å². The molecule has 1 aromatic rings. The van der Waals surface area contributed by atoms with E-state index in [-0.39, 0.29) is 16.0 Å². The minimum atomic E-state index is -3.68. The summed E-state index contributed by atoms with van der Waals surface area (Å²) in [5, 5.41) is 0. The smallest absolute Gasteiger partial charge is 0.250 e. The molecule has 1 saturated heterocycles. The molecule has 1 aromatic heterocycles. The van der Waals surface area contributed by atoms with E-state index in [2.05, 4.69) is 4.72 Å². The fraction of sp³-hybridized carbons (Fsp3) is 0.667. The second-order valence-electron chi connectivity index (χ2n) is 6.11. The Hall–Kier alpha value is -0.960. The van der Waals surface area contributed by atoms with Crippen molar-refractivity contribution in [1.82, 2.24) is 9.62 Å². The number of nitrogens with one attached hydrogen (secondary N) is 1. The number of amides is 1. The fourth-order valence-corrected chi connectivity index (χ4v) is 4.98. The highest BCUT2D eigenvalue weighted by molar-refractivity contribution is 7.91. The highest BCUT2D eigenvalue weighted by Gasteiger charge is 2.31. The summed E-state index contributed by atoms with van der Waals surface area (Å²) in [6.07, 6.45) is 0.472. The van der Waals surface area contributed by atoms with Crippen molar-refractivity contribution in [3.8, 4) is 0 Å². The lowest BCUT2D eigenvalue weighted by Gasteiger charge is -2.31. The number of hydrogen-bond donors (Lipinski definition) is 1. The van der Waals surface area contributed by atoms with E-state index in [1.165, 1.54) is 11.3 Å². The summed E-state index contributed by atoms with van der Waals surface area (Å²) in [6, 6.07) is 2.61. The van der Waals surface area contributed by atoms with Crippen molar-refractivity contribution in [2.45, 2.75) is 37.4 Å². The van der Waals surface area contributed by atoms with Crippen molar-refractivity contribution >= 4 is 27.3 Å². The number of morpholine rings is 1. The summed E-state index contributed by atoms with van der Waals surface area (Å²) in [7, 11) is -3.68. The van der Waals surface area contributed by atoms with Crippen molar-refractivity contribution in [3.63, 3.8) is 0 Å². The van der Waals surface area contributed by atoms with Crippen molar-refractivity contribution in [3.05, 3.63) is 17.0 Å². The van der Waals surface area contributed by atoms with Crippen LogP contribution in [0.2, 0.25) is 0 Å². The van der Waals surface area contributed by atoms with Gasteiger partial charge in [0.15, 0.2) is 0 Å². The molecule has 1 amide bonds. The third-order valence-electron chi connectivity index (χ3n) is 3.61. The van der Waals surface area contributed by atoms with Gasteiger partial charge >= 0.3 is 0 Å². The summed E-state index contributed by atoms with van der Waals surface area (Å²) in [6.45, 7) is 7.81. The molecule has 1 fully saturated rings. The molecule has 0 aromatic carbocycles. The monoisotopic (exact) mass is 360 g/mol. The second kappa shape index (κ2) is 7.74. The molecule has 0 unspecified atom stereocenters. The lowest BCUT2D eigenvalue weighted by molar-refractivity contribution is -0.137. The number of ether oxygens (including phenoxy) is 1. The summed E-state index contributed by atoms with van der Waals surface area (Å²) in [5.41, 5.74) is 0. The van der Waals surface area contributed by atoms with E-state index >= 15 is 0 Å². The van der Waals surface area contributed by atoms with E-state index < -0.39 is 16.1 Å². The first kappa shape index (κ1) is 18.4. The number of sulfonamides is 1. The summed E-state index contributed by atoms with van der Waals surface area (Å²) < 4.78 is 33.2. The first-order valence-corrected chi connectivity index (χ1v) is 10.0. The van der Waals surface area contributed by atoms with Crippen molar-refractivity contribution in [1.29, 1.82) is 0 Å². The van der Waals surface area contributed by atoms with Crippen LogP contribution in [-0.2, 0) is 19.6 Å². The van der Waals surface area contributed by atoms with Crippen LogP contribution in [-0.4, -0.2) is 51.6 Å². The number of carbonyl (C=O) groups excluding carboxylic acids is 1. The van der Waals surface area contributed by atoms with Crippen LogP contribution in [0.4, 0.5) is 0 Å². The summed E-state index contributed by atoms with van der Waals surface area (Å²) in [4.78, 5) is 15.3. The second-order valence-corrected chi connectivity index (χ2v) is 9.33. The topological polar surface area (TPSA) is 75.7 Å². The van der Waals surface area contributed by atoms with Gasteiger partial charge in [-0.3, -0.25) is 4.79 Å². The molecule has 8 heteroatoms. The van der Waals surface area contributed by atoms with Crippen LogP contribution in [0.1, 0.15) is 25.1 Å². The highest BCUT2D eigenvalue weighted by Crippen LogP contribution is 2.22. The van der Waals surface area contributed by atoms with E-state index in [1.54, 1.807) is 17.0 Å². The van der Waals surface area contributed by atoms with Gasteiger partial charge in [0.25, 0.3) is 10.0 Å². The Bertz CT molecular complexity index is 634. The zero-order valence-electron chi connectivity index (χ0n) is 13.7. The zero-order chi connectivity index (χ0) is 17.0. The Morgan fingerprint density at radius 1 is 1.35 bits per heavy atom. The Morgan fingerprint density at radius 3 is 2.52 bits per heavy atom. The Labute approximate surface area is 141 Å². The predicted octanol–water partition coefficient (Wildman–Crippen LogP) is 1.61. The van der Waals surface area contributed by atoms with Crippen LogP contribution in [0.5, 0.6) is 0 Å². The number of hydrogen-bond acceptors (Lipinski definition) is 5. The fourth-order valence-electron chi connectivity index (χ4n) is 2.48. The number of thiophene rings is 1. The van der Waals surface area contributed by atoms with Gasteiger partial charge < -0.3 is 9.64 Å². The van der Waals surface area contributed by atoms with Gasteiger partial charge in [0.1, 0.15) is 10.3 Å². The predicted molar refractivity (Wildman–Crippen MR) is 90.0 cm³/mol. The Balaban J connectivity index is 2.16. The maximum atomic E-state index is 12.7. The minimum absolute atomic E-state index is 0.168. The summed E-state index contributed by atoms with van der Waals surface area (Å²) >= 11 is 1.21. The third kappa shape index (κ3) is 5.00. The number of aryl methyl sites for hydroxylation is 1. The normalized spacial score (nSPS) is 17.5. The average molecular weight is 361 g/mol. The molecule has 1 atom stereocenters. The van der Waals surface area contributed by atoms with E-state index in [1.807, 2.05) is 20.8 Å². The van der Waals surface area contributed by atoms with Crippen LogP contribution in [0, 0.1) is 12.8 Å². The molecule has 130 valence electrons. The zero-order valence-corrected chi connectivity index (χ0v) is 15.4. The van der Waals surface area contributed by atoms with Crippen LogP contribution in [0.3, 0.4) is 0 Å². The molecule has 2 heterocycles. The van der Waals surface area contributed by atoms with Gasteiger partial charge in [0, 0.05) is 18.0 Å². The Kier molecular flexibility index (Phi) is 6.19. The van der Waals surface area contributed by atoms with Crippen LogP contribution >= 0.6 is 11.3 Å². The maximum absolute atomic E-state index is 12.7. The van der Waals surface area contributed by atoms with Gasteiger partial charge in [-0.1, -0.05) is 13.8 Å². The molecular formula is C15H24N2O4S2. The maximum Gasteiger partial charge on any atom is 0.250 e. The standard InChI is InChI=1S/C15H24N2O4S2/c1-11(2)10-13(15(18)17-6-8-21-9-7-17)16-23(19,20)14-5-4-12(3)22-14/h4-5,11,13,16H,6-10H2,1-3H3/t13-/m0/s1. The SMILES string of the molecule is Cc1ccc(S(=O)(=O)N[C@@H](CC(C)C)C(=O)N2CCOCC2)s1. The minimum Gasteiger partial charge on any atom is -0.378 e. The molecule has 1 aliphatic heterocycles. The number of carbonyl (C=O) groups is 1.